The topological polar surface area (TPSA) is 7.76 Å². The summed E-state index contributed by atoms with van der Waals surface area (Å²) in [5.41, 5.74) is 2.06. The first-order chi connectivity index (χ1) is 16.3. The molecule has 0 radical (unpaired) electrons. The van der Waals surface area contributed by atoms with Crippen molar-refractivity contribution in [2.75, 3.05) is 0 Å². The van der Waals surface area contributed by atoms with E-state index in [9.17, 15) is 0 Å². The fraction of sp³-hybridized carbons (Fsp3) is 0.226. The molecule has 33 heavy (non-hydrogen) atoms. The number of pyridine rings is 2. The number of rotatable bonds is 7. The molecule has 0 N–H and O–H groups in total. The third-order valence-corrected chi connectivity index (χ3v) is 5.86. The highest BCUT2D eigenvalue weighted by Gasteiger charge is 2.16. The van der Waals surface area contributed by atoms with Crippen LogP contribution in [0.15, 0.2) is 73.1 Å². The standard InChI is InChI=1S/C31H28N2/c1-3-5-7-13-23-33-25-21-27-15-9-11-17-29(27)31(33)19-18-30-28-16-10-8-14-26(28)20-24-32(30)22-12-6-4-2/h1-2,8-11,14-17,20-21,24-25H,5-7,12-13,22-23H2/q+2. The molecule has 4 rings (SSSR count). The summed E-state index contributed by atoms with van der Waals surface area (Å²) in [6, 6.07) is 21.2. The summed E-state index contributed by atoms with van der Waals surface area (Å²) >= 11 is 0. The van der Waals surface area contributed by atoms with Gasteiger partial charge in [0.05, 0.1) is 10.8 Å². The van der Waals surface area contributed by atoms with Crippen LogP contribution in [-0.2, 0) is 13.1 Å². The zero-order chi connectivity index (χ0) is 22.9. The minimum atomic E-state index is 0.758. The number of aromatic nitrogens is 2. The van der Waals surface area contributed by atoms with Gasteiger partial charge in [-0.25, -0.2) is 0 Å². The van der Waals surface area contributed by atoms with Crippen molar-refractivity contribution in [3.05, 3.63) is 84.4 Å². The van der Waals surface area contributed by atoms with E-state index in [-0.39, 0.29) is 0 Å². The number of hydrogen-bond acceptors (Lipinski definition) is 0. The van der Waals surface area contributed by atoms with E-state index in [2.05, 4.69) is 106 Å². The first-order valence-electron chi connectivity index (χ1n) is 11.5. The SMILES string of the molecule is C#CCCCC[n+]1ccc2ccccc2c1C#Cc1c2ccccc2cc[n+]1CCCC#C. The Labute approximate surface area is 196 Å². The van der Waals surface area contributed by atoms with Gasteiger partial charge in [-0.15, -0.1) is 24.7 Å². The number of nitrogens with zero attached hydrogens (tertiary/aromatic N) is 2. The summed E-state index contributed by atoms with van der Waals surface area (Å²) in [6.07, 6.45) is 19.7. The van der Waals surface area contributed by atoms with Crippen LogP contribution in [0, 0.1) is 36.5 Å². The Hall–Kier alpha value is -4.06. The molecule has 2 heteroatoms. The van der Waals surface area contributed by atoms with Crippen molar-refractivity contribution in [2.45, 2.75) is 45.2 Å². The van der Waals surface area contributed by atoms with E-state index in [4.69, 9.17) is 12.8 Å². The third kappa shape index (κ3) is 5.23. The molecule has 0 saturated heterocycles. The number of fused-ring (bicyclic) bond motifs is 2. The monoisotopic (exact) mass is 428 g/mol. The van der Waals surface area contributed by atoms with E-state index >= 15 is 0 Å². The Morgan fingerprint density at radius 3 is 1.61 bits per heavy atom. The highest BCUT2D eigenvalue weighted by Crippen LogP contribution is 2.17. The highest BCUT2D eigenvalue weighted by molar-refractivity contribution is 5.87. The second-order valence-electron chi connectivity index (χ2n) is 8.11. The average Bonchev–Trinajstić information content (AvgIpc) is 2.86. The Bertz CT molecular complexity index is 1420. The van der Waals surface area contributed by atoms with Gasteiger partial charge in [-0.2, -0.15) is 9.13 Å². The summed E-state index contributed by atoms with van der Waals surface area (Å²) in [5, 5.41) is 4.72. The highest BCUT2D eigenvalue weighted by atomic mass is 15.0. The molecular weight excluding hydrogens is 400 g/mol. The zero-order valence-corrected chi connectivity index (χ0v) is 18.9. The normalized spacial score (nSPS) is 10.4. The Morgan fingerprint density at radius 1 is 0.576 bits per heavy atom. The molecule has 0 aliphatic rings. The molecular formula is C31H28N2+2. The van der Waals surface area contributed by atoms with Crippen molar-refractivity contribution >= 4 is 21.5 Å². The average molecular weight is 429 g/mol. The van der Waals surface area contributed by atoms with Crippen molar-refractivity contribution in [2.24, 2.45) is 0 Å². The smallest absolute Gasteiger partial charge is 0.191 e. The van der Waals surface area contributed by atoms with Crippen LogP contribution in [0.25, 0.3) is 21.5 Å². The molecule has 2 aromatic heterocycles. The lowest BCUT2D eigenvalue weighted by atomic mass is 10.1. The molecule has 0 saturated carbocycles. The molecule has 0 atom stereocenters. The van der Waals surface area contributed by atoms with E-state index in [1.165, 1.54) is 16.2 Å². The van der Waals surface area contributed by atoms with E-state index in [1.54, 1.807) is 0 Å². The van der Waals surface area contributed by atoms with Gasteiger partial charge in [0.15, 0.2) is 18.9 Å². The first kappa shape index (κ1) is 22.1. The van der Waals surface area contributed by atoms with Crippen molar-refractivity contribution in [3.8, 4) is 36.5 Å². The molecule has 160 valence electrons. The molecule has 0 unspecified atom stereocenters. The van der Waals surface area contributed by atoms with E-state index in [0.717, 1.165) is 62.0 Å². The molecule has 0 aliphatic heterocycles. The van der Waals surface area contributed by atoms with Gasteiger partial charge >= 0.3 is 0 Å². The van der Waals surface area contributed by atoms with Crippen LogP contribution in [0.2, 0.25) is 0 Å². The van der Waals surface area contributed by atoms with E-state index in [1.807, 2.05) is 0 Å². The predicted molar refractivity (Wildman–Crippen MR) is 135 cm³/mol. The second-order valence-corrected chi connectivity index (χ2v) is 8.11. The van der Waals surface area contributed by atoms with Gasteiger partial charge in [-0.3, -0.25) is 0 Å². The molecule has 0 spiro atoms. The lowest BCUT2D eigenvalue weighted by Gasteiger charge is -2.04. The van der Waals surface area contributed by atoms with Crippen molar-refractivity contribution < 1.29 is 9.13 Å². The van der Waals surface area contributed by atoms with Crippen LogP contribution >= 0.6 is 0 Å². The van der Waals surface area contributed by atoms with Crippen LogP contribution in [0.5, 0.6) is 0 Å². The zero-order valence-electron chi connectivity index (χ0n) is 18.9. The summed E-state index contributed by atoms with van der Waals surface area (Å²) in [4.78, 5) is 0. The Morgan fingerprint density at radius 2 is 1.06 bits per heavy atom. The maximum Gasteiger partial charge on any atom is 0.265 e. The van der Waals surface area contributed by atoms with E-state index in [0.29, 0.717) is 0 Å². The molecule has 0 aliphatic carbocycles. The van der Waals surface area contributed by atoms with Gasteiger partial charge in [0.1, 0.15) is 6.54 Å². The second kappa shape index (κ2) is 11.0. The van der Waals surface area contributed by atoms with Crippen molar-refractivity contribution in [3.63, 3.8) is 0 Å². The van der Waals surface area contributed by atoms with Gasteiger partial charge in [0.2, 0.25) is 0 Å². The van der Waals surface area contributed by atoms with Crippen LogP contribution in [-0.4, -0.2) is 0 Å². The quantitative estimate of drug-likeness (QED) is 0.218. The lowest BCUT2D eigenvalue weighted by molar-refractivity contribution is -0.699. The summed E-state index contributed by atoms with van der Waals surface area (Å²) in [5.74, 6) is 12.6. The van der Waals surface area contributed by atoms with Crippen LogP contribution in [0.3, 0.4) is 0 Å². The van der Waals surface area contributed by atoms with Crippen LogP contribution in [0.4, 0.5) is 0 Å². The van der Waals surface area contributed by atoms with Crippen molar-refractivity contribution in [1.82, 2.24) is 0 Å². The molecule has 0 amide bonds. The summed E-state index contributed by atoms with van der Waals surface area (Å²) < 4.78 is 4.49. The molecule has 2 nitrogen and oxygen atoms in total. The molecule has 0 fully saturated rings. The third-order valence-electron chi connectivity index (χ3n) is 5.86. The van der Waals surface area contributed by atoms with Gasteiger partial charge in [-0.05, 0) is 29.3 Å². The number of hydrogen-bond donors (Lipinski definition) is 0. The van der Waals surface area contributed by atoms with Crippen molar-refractivity contribution in [1.29, 1.82) is 0 Å². The Kier molecular flexibility index (Phi) is 7.38. The lowest BCUT2D eigenvalue weighted by Crippen LogP contribution is -2.38. The Balaban J connectivity index is 1.82. The summed E-state index contributed by atoms with van der Waals surface area (Å²) in [6.45, 7) is 1.74. The van der Waals surface area contributed by atoms with Gasteiger partial charge in [-0.1, -0.05) is 36.4 Å². The minimum absolute atomic E-state index is 0.758. The van der Waals surface area contributed by atoms with Gasteiger partial charge < -0.3 is 0 Å². The number of aryl methyl sites for hydroxylation is 2. The molecule has 0 bridgehead atoms. The largest absolute Gasteiger partial charge is 0.265 e. The fourth-order valence-corrected chi connectivity index (χ4v) is 4.15. The maximum atomic E-state index is 5.48. The number of benzene rings is 2. The molecule has 2 heterocycles. The number of unbranched alkanes of at least 4 members (excludes halogenated alkanes) is 3. The number of terminal acetylenes is 2. The minimum Gasteiger partial charge on any atom is -0.191 e. The molecule has 4 aromatic rings. The first-order valence-corrected chi connectivity index (χ1v) is 11.5. The molecule has 2 aromatic carbocycles. The fourth-order valence-electron chi connectivity index (χ4n) is 4.15. The van der Waals surface area contributed by atoms with Gasteiger partial charge in [0, 0.05) is 49.7 Å². The summed E-state index contributed by atoms with van der Waals surface area (Å²) in [7, 11) is 0. The predicted octanol–water partition coefficient (Wildman–Crippen LogP) is 5.18. The van der Waals surface area contributed by atoms with E-state index < -0.39 is 0 Å². The maximum absolute atomic E-state index is 5.48. The van der Waals surface area contributed by atoms with Crippen LogP contribution in [0.1, 0.15) is 43.5 Å². The van der Waals surface area contributed by atoms with Crippen LogP contribution < -0.4 is 9.13 Å². The van der Waals surface area contributed by atoms with Gasteiger partial charge in [0.25, 0.3) is 11.4 Å².